The van der Waals surface area contributed by atoms with E-state index in [-0.39, 0.29) is 0 Å². The van der Waals surface area contributed by atoms with Gasteiger partial charge >= 0.3 is 0 Å². The molecule has 9 aromatic carbocycles. The summed E-state index contributed by atoms with van der Waals surface area (Å²) in [6.07, 6.45) is 0. The van der Waals surface area contributed by atoms with Gasteiger partial charge in [0.1, 0.15) is 11.2 Å². The quantitative estimate of drug-likeness (QED) is 0.133. The number of aromatic nitrogens is 2. The molecule has 2 heterocycles. The third-order valence-electron chi connectivity index (χ3n) is 10.9. The fourth-order valence-corrected chi connectivity index (χ4v) is 8.13. The van der Waals surface area contributed by atoms with Gasteiger partial charge in [-0.2, -0.15) is 0 Å². The summed E-state index contributed by atoms with van der Waals surface area (Å²) in [5.41, 5.74) is 11.2. The van der Waals surface area contributed by atoms with E-state index >= 15 is 0 Å². The van der Waals surface area contributed by atoms with E-state index in [9.17, 15) is 0 Å². The van der Waals surface area contributed by atoms with Gasteiger partial charge in [0.05, 0.1) is 11.4 Å². The Balaban J connectivity index is 1.08. The standard InChI is InChI=1S/C52H32N2O/c1-2-10-33(11-3-1)34-20-24-38(25-21-34)52-53-47(37-22-18-35(19-23-37)39-27-28-44-43-16-8-9-17-49(43)55-50(44)31-39)32-48(54-52)51-42-15-7-5-13-40(42)30-46-41-14-6-4-12-36(41)26-29-45(46)51/h1-32H. The van der Waals surface area contributed by atoms with Crippen LogP contribution in [0.3, 0.4) is 0 Å². The maximum atomic E-state index is 6.22. The van der Waals surface area contributed by atoms with Crippen molar-refractivity contribution in [2.45, 2.75) is 0 Å². The van der Waals surface area contributed by atoms with Crippen LogP contribution in [0.1, 0.15) is 0 Å². The number of nitrogens with zero attached hydrogens (tertiary/aromatic N) is 2. The summed E-state index contributed by atoms with van der Waals surface area (Å²) in [6.45, 7) is 0. The molecular formula is C52H32N2O. The Kier molecular flexibility index (Phi) is 7.17. The lowest BCUT2D eigenvalue weighted by Gasteiger charge is -2.15. The van der Waals surface area contributed by atoms with Gasteiger partial charge in [-0.1, -0.05) is 164 Å². The van der Waals surface area contributed by atoms with Gasteiger partial charge < -0.3 is 4.42 Å². The lowest BCUT2D eigenvalue weighted by atomic mass is 9.91. The minimum Gasteiger partial charge on any atom is -0.456 e. The van der Waals surface area contributed by atoms with E-state index in [1.165, 1.54) is 32.5 Å². The average Bonchev–Trinajstić information content (AvgIpc) is 3.64. The van der Waals surface area contributed by atoms with Gasteiger partial charge in [0, 0.05) is 27.5 Å². The van der Waals surface area contributed by atoms with Gasteiger partial charge in [0.25, 0.3) is 0 Å². The zero-order chi connectivity index (χ0) is 36.3. The first-order valence-corrected chi connectivity index (χ1v) is 18.6. The molecule has 55 heavy (non-hydrogen) atoms. The van der Waals surface area contributed by atoms with E-state index < -0.39 is 0 Å². The van der Waals surface area contributed by atoms with Crippen LogP contribution in [0.2, 0.25) is 0 Å². The minimum atomic E-state index is 0.688. The Labute approximate surface area is 317 Å². The molecule has 0 fully saturated rings. The third kappa shape index (κ3) is 5.36. The number of hydrogen-bond donors (Lipinski definition) is 0. The summed E-state index contributed by atoms with van der Waals surface area (Å²) in [6, 6.07) is 68.6. The molecule has 2 aromatic heterocycles. The predicted octanol–water partition coefficient (Wildman–Crippen LogP) is 14.2. The summed E-state index contributed by atoms with van der Waals surface area (Å²) in [7, 11) is 0. The Hall–Kier alpha value is -7.36. The van der Waals surface area contributed by atoms with Gasteiger partial charge in [0.2, 0.25) is 0 Å². The van der Waals surface area contributed by atoms with Gasteiger partial charge in [-0.15, -0.1) is 0 Å². The molecule has 0 amide bonds. The van der Waals surface area contributed by atoms with Crippen molar-refractivity contribution in [1.29, 1.82) is 0 Å². The van der Waals surface area contributed by atoms with Gasteiger partial charge in [0.15, 0.2) is 5.82 Å². The monoisotopic (exact) mass is 700 g/mol. The highest BCUT2D eigenvalue weighted by molar-refractivity contribution is 6.20. The van der Waals surface area contributed by atoms with Crippen LogP contribution in [-0.2, 0) is 0 Å². The molecule has 0 saturated carbocycles. The summed E-state index contributed by atoms with van der Waals surface area (Å²) in [5.74, 6) is 0.688. The normalized spacial score (nSPS) is 11.6. The first kappa shape index (κ1) is 31.2. The van der Waals surface area contributed by atoms with E-state index in [2.05, 4.69) is 176 Å². The smallest absolute Gasteiger partial charge is 0.160 e. The second kappa shape index (κ2) is 12.6. The van der Waals surface area contributed by atoms with E-state index in [0.717, 1.165) is 72.1 Å². The van der Waals surface area contributed by atoms with Crippen LogP contribution in [0.25, 0.3) is 110 Å². The Morgan fingerprint density at radius 1 is 0.291 bits per heavy atom. The molecule has 11 rings (SSSR count). The largest absolute Gasteiger partial charge is 0.456 e. The molecule has 0 spiro atoms. The number of rotatable bonds is 5. The van der Waals surface area contributed by atoms with E-state index in [1.807, 2.05) is 18.2 Å². The van der Waals surface area contributed by atoms with Crippen molar-refractivity contribution in [2.24, 2.45) is 0 Å². The number of fused-ring (bicyclic) bond motifs is 7. The molecule has 0 unspecified atom stereocenters. The van der Waals surface area contributed by atoms with Crippen LogP contribution in [-0.4, -0.2) is 9.97 Å². The Morgan fingerprint density at radius 2 is 0.855 bits per heavy atom. The summed E-state index contributed by atoms with van der Waals surface area (Å²) < 4.78 is 6.22. The molecule has 0 bridgehead atoms. The van der Waals surface area contributed by atoms with Crippen LogP contribution in [0, 0.1) is 0 Å². The van der Waals surface area contributed by atoms with Gasteiger partial charge in [-0.25, -0.2) is 9.97 Å². The predicted molar refractivity (Wildman–Crippen MR) is 229 cm³/mol. The average molecular weight is 701 g/mol. The fourth-order valence-electron chi connectivity index (χ4n) is 8.13. The molecule has 3 heteroatoms. The van der Waals surface area contributed by atoms with Crippen LogP contribution >= 0.6 is 0 Å². The molecule has 0 atom stereocenters. The summed E-state index contributed by atoms with van der Waals surface area (Å²) >= 11 is 0. The highest BCUT2D eigenvalue weighted by Crippen LogP contribution is 2.41. The van der Waals surface area contributed by atoms with Crippen molar-refractivity contribution < 1.29 is 4.42 Å². The highest BCUT2D eigenvalue weighted by atomic mass is 16.3. The van der Waals surface area contributed by atoms with E-state index in [0.29, 0.717) is 5.82 Å². The summed E-state index contributed by atoms with van der Waals surface area (Å²) in [5, 5.41) is 9.44. The van der Waals surface area contributed by atoms with Crippen LogP contribution in [0.4, 0.5) is 0 Å². The van der Waals surface area contributed by atoms with Gasteiger partial charge in [-0.3, -0.25) is 0 Å². The van der Waals surface area contributed by atoms with Crippen molar-refractivity contribution in [1.82, 2.24) is 9.97 Å². The molecular weight excluding hydrogens is 669 g/mol. The number of furan rings is 1. The Bertz CT molecular complexity index is 3230. The lowest BCUT2D eigenvalue weighted by Crippen LogP contribution is -1.97. The topological polar surface area (TPSA) is 38.9 Å². The van der Waals surface area contributed by atoms with Crippen molar-refractivity contribution in [3.63, 3.8) is 0 Å². The SMILES string of the molecule is c1ccc(-c2ccc(-c3nc(-c4ccc(-c5ccc6c(c5)oc5ccccc56)cc4)cc(-c4c5ccccc5cc5c4ccc4ccccc45)n3)cc2)cc1. The van der Waals surface area contributed by atoms with Crippen molar-refractivity contribution in [3.8, 4) is 56.2 Å². The lowest BCUT2D eigenvalue weighted by molar-refractivity contribution is 0.669. The number of benzene rings is 9. The van der Waals surface area contributed by atoms with Crippen molar-refractivity contribution in [2.75, 3.05) is 0 Å². The Morgan fingerprint density at radius 3 is 1.67 bits per heavy atom. The first-order chi connectivity index (χ1) is 27.2. The molecule has 0 radical (unpaired) electrons. The molecule has 0 N–H and O–H groups in total. The molecule has 0 aliphatic heterocycles. The molecule has 0 aliphatic rings. The fraction of sp³-hybridized carbons (Fsp3) is 0. The highest BCUT2D eigenvalue weighted by Gasteiger charge is 2.17. The maximum absolute atomic E-state index is 6.22. The van der Waals surface area contributed by atoms with Crippen LogP contribution in [0.5, 0.6) is 0 Å². The summed E-state index contributed by atoms with van der Waals surface area (Å²) in [4.78, 5) is 10.6. The van der Waals surface area contributed by atoms with Crippen LogP contribution in [0.15, 0.2) is 199 Å². The van der Waals surface area contributed by atoms with Gasteiger partial charge in [-0.05, 0) is 84.9 Å². The molecule has 256 valence electrons. The second-order valence-corrected chi connectivity index (χ2v) is 14.1. The number of hydrogen-bond acceptors (Lipinski definition) is 3. The second-order valence-electron chi connectivity index (χ2n) is 14.1. The zero-order valence-corrected chi connectivity index (χ0v) is 29.8. The van der Waals surface area contributed by atoms with E-state index in [4.69, 9.17) is 14.4 Å². The minimum absolute atomic E-state index is 0.688. The zero-order valence-electron chi connectivity index (χ0n) is 29.8. The van der Waals surface area contributed by atoms with Crippen molar-refractivity contribution >= 4 is 54.3 Å². The molecule has 0 aliphatic carbocycles. The first-order valence-electron chi connectivity index (χ1n) is 18.6. The van der Waals surface area contributed by atoms with Crippen LogP contribution < -0.4 is 0 Å². The third-order valence-corrected chi connectivity index (χ3v) is 10.9. The number of para-hydroxylation sites is 1. The molecule has 3 nitrogen and oxygen atoms in total. The van der Waals surface area contributed by atoms with E-state index in [1.54, 1.807) is 0 Å². The molecule has 11 aromatic rings. The molecule has 0 saturated heterocycles. The maximum Gasteiger partial charge on any atom is 0.160 e. The van der Waals surface area contributed by atoms with Crippen molar-refractivity contribution in [3.05, 3.63) is 194 Å².